The van der Waals surface area contributed by atoms with Gasteiger partial charge in [-0.05, 0) is 48.2 Å². The number of carbonyl (C=O) groups excluding carboxylic acids is 1. The summed E-state index contributed by atoms with van der Waals surface area (Å²) in [6.07, 6.45) is -1.40. The Morgan fingerprint density at radius 3 is 2.70 bits per heavy atom. The van der Waals surface area contributed by atoms with Gasteiger partial charge in [-0.25, -0.2) is 14.8 Å². The molecule has 0 aliphatic rings. The maximum atomic E-state index is 13.3. The third kappa shape index (κ3) is 7.11. The van der Waals surface area contributed by atoms with Crippen molar-refractivity contribution in [1.29, 1.82) is 0 Å². The monoisotopic (exact) mass is 482 g/mol. The highest BCUT2D eigenvalue weighted by Crippen LogP contribution is 2.28. The van der Waals surface area contributed by atoms with Crippen LogP contribution < -0.4 is 15.4 Å². The molecule has 0 fully saturated rings. The SMILES string of the molecule is CCCCOC(=O)NC(COc1ccc2c(Nc3ccc(Cl)nc3)nccc2c1)C(F)(F)F. The number of amides is 1. The van der Waals surface area contributed by atoms with Gasteiger partial charge in [-0.2, -0.15) is 13.2 Å². The molecule has 0 spiro atoms. The predicted octanol–water partition coefficient (Wildman–Crippen LogP) is 5.86. The molecule has 0 aliphatic carbocycles. The number of aromatic nitrogens is 2. The lowest BCUT2D eigenvalue weighted by molar-refractivity contribution is -0.160. The molecule has 11 heteroatoms. The minimum absolute atomic E-state index is 0.0505. The number of halogens is 4. The van der Waals surface area contributed by atoms with Gasteiger partial charge in [-0.3, -0.25) is 0 Å². The zero-order valence-electron chi connectivity index (χ0n) is 17.7. The van der Waals surface area contributed by atoms with Crippen molar-refractivity contribution in [2.45, 2.75) is 32.0 Å². The van der Waals surface area contributed by atoms with Crippen molar-refractivity contribution >= 4 is 40.0 Å². The Morgan fingerprint density at radius 1 is 1.18 bits per heavy atom. The van der Waals surface area contributed by atoms with Crippen molar-refractivity contribution in [3.63, 3.8) is 0 Å². The number of ether oxygens (including phenoxy) is 2. The van der Waals surface area contributed by atoms with Crippen LogP contribution in [0.15, 0.2) is 48.8 Å². The van der Waals surface area contributed by atoms with E-state index in [0.717, 1.165) is 11.8 Å². The normalized spacial score (nSPS) is 12.3. The lowest BCUT2D eigenvalue weighted by atomic mass is 10.1. The zero-order chi connectivity index (χ0) is 23.8. The number of benzene rings is 1. The highest BCUT2D eigenvalue weighted by Gasteiger charge is 2.41. The average Bonchev–Trinajstić information content (AvgIpc) is 2.77. The Kier molecular flexibility index (Phi) is 8.16. The molecule has 176 valence electrons. The Balaban J connectivity index is 1.69. The molecule has 0 saturated heterocycles. The molecule has 0 bridgehead atoms. The van der Waals surface area contributed by atoms with Crippen LogP contribution in [0.25, 0.3) is 10.8 Å². The number of unbranched alkanes of at least 4 members (excludes halogenated alkanes) is 1. The quantitative estimate of drug-likeness (QED) is 0.293. The molecular formula is C22H22ClF3N4O3. The van der Waals surface area contributed by atoms with Gasteiger partial charge in [0.05, 0.1) is 18.5 Å². The standard InChI is InChI=1S/C22H22ClF3N4O3/c1-2-3-10-32-21(31)30-18(22(24,25)26)13-33-16-5-6-17-14(11-16)8-9-27-20(17)29-15-4-7-19(23)28-12-15/h4-9,11-12,18H,2-3,10,13H2,1H3,(H,27,29)(H,30,31). The first-order chi connectivity index (χ1) is 15.8. The number of hydrogen-bond donors (Lipinski definition) is 2. The van der Waals surface area contributed by atoms with Crippen LogP contribution in [0.1, 0.15) is 19.8 Å². The second kappa shape index (κ2) is 11.0. The molecule has 1 atom stereocenters. The summed E-state index contributed by atoms with van der Waals surface area (Å²) in [5, 5.41) is 6.72. The predicted molar refractivity (Wildman–Crippen MR) is 119 cm³/mol. The summed E-state index contributed by atoms with van der Waals surface area (Å²) in [6, 6.07) is 7.67. The second-order valence-electron chi connectivity index (χ2n) is 7.08. The van der Waals surface area contributed by atoms with Gasteiger partial charge in [-0.1, -0.05) is 24.9 Å². The van der Waals surface area contributed by atoms with E-state index in [0.29, 0.717) is 28.5 Å². The highest BCUT2D eigenvalue weighted by molar-refractivity contribution is 6.29. The van der Waals surface area contributed by atoms with Gasteiger partial charge < -0.3 is 20.1 Å². The van der Waals surface area contributed by atoms with E-state index in [4.69, 9.17) is 21.1 Å². The van der Waals surface area contributed by atoms with Gasteiger partial charge in [-0.15, -0.1) is 0 Å². The smallest absolute Gasteiger partial charge is 0.412 e. The molecule has 0 aliphatic heterocycles. The van der Waals surface area contributed by atoms with Crippen LogP contribution >= 0.6 is 11.6 Å². The first-order valence-corrected chi connectivity index (χ1v) is 10.5. The van der Waals surface area contributed by atoms with Crippen LogP contribution in [0.4, 0.5) is 29.5 Å². The molecule has 1 aromatic carbocycles. The first-order valence-electron chi connectivity index (χ1n) is 10.2. The minimum Gasteiger partial charge on any atom is -0.491 e. The minimum atomic E-state index is -4.70. The third-order valence-electron chi connectivity index (χ3n) is 4.56. The Bertz CT molecular complexity index is 1080. The molecule has 3 rings (SSSR count). The van der Waals surface area contributed by atoms with Crippen molar-refractivity contribution in [3.05, 3.63) is 53.9 Å². The van der Waals surface area contributed by atoms with E-state index in [-0.39, 0.29) is 12.4 Å². The summed E-state index contributed by atoms with van der Waals surface area (Å²) in [7, 11) is 0. The summed E-state index contributed by atoms with van der Waals surface area (Å²) < 4.78 is 50.1. The second-order valence-corrected chi connectivity index (χ2v) is 7.46. The van der Waals surface area contributed by atoms with Crippen molar-refractivity contribution < 1.29 is 27.4 Å². The molecule has 2 aromatic heterocycles. The molecule has 1 unspecified atom stereocenters. The summed E-state index contributed by atoms with van der Waals surface area (Å²) in [5.41, 5.74) is 0.671. The van der Waals surface area contributed by atoms with E-state index in [1.165, 1.54) is 6.07 Å². The molecule has 7 nitrogen and oxygen atoms in total. The van der Waals surface area contributed by atoms with Crippen LogP contribution in [-0.4, -0.2) is 41.5 Å². The summed E-state index contributed by atoms with van der Waals surface area (Å²) >= 11 is 5.79. The Hall–Kier alpha value is -3.27. The van der Waals surface area contributed by atoms with E-state index in [2.05, 4.69) is 15.3 Å². The van der Waals surface area contributed by atoms with Crippen molar-refractivity contribution in [2.24, 2.45) is 0 Å². The number of rotatable bonds is 9. The van der Waals surface area contributed by atoms with Crippen LogP contribution in [0, 0.1) is 0 Å². The van der Waals surface area contributed by atoms with Crippen LogP contribution in [-0.2, 0) is 4.74 Å². The van der Waals surface area contributed by atoms with Crippen LogP contribution in [0.5, 0.6) is 5.75 Å². The van der Waals surface area contributed by atoms with Gasteiger partial charge in [0, 0.05) is 11.6 Å². The third-order valence-corrected chi connectivity index (χ3v) is 4.78. The number of carbonyl (C=O) groups is 1. The molecule has 2 N–H and O–H groups in total. The van der Waals surface area contributed by atoms with Crippen LogP contribution in [0.2, 0.25) is 5.15 Å². The van der Waals surface area contributed by atoms with Gasteiger partial charge in [0.2, 0.25) is 0 Å². The fraction of sp³-hybridized carbons (Fsp3) is 0.318. The van der Waals surface area contributed by atoms with Gasteiger partial charge >= 0.3 is 12.3 Å². The lowest BCUT2D eigenvalue weighted by Crippen LogP contribution is -2.49. The van der Waals surface area contributed by atoms with Crippen molar-refractivity contribution in [3.8, 4) is 5.75 Å². The van der Waals surface area contributed by atoms with Crippen molar-refractivity contribution in [1.82, 2.24) is 15.3 Å². The number of hydrogen-bond acceptors (Lipinski definition) is 6. The van der Waals surface area contributed by atoms with E-state index < -0.39 is 24.9 Å². The number of alkyl carbamates (subject to hydrolysis) is 1. The summed E-state index contributed by atoms with van der Waals surface area (Å²) in [6.45, 7) is 1.13. The zero-order valence-corrected chi connectivity index (χ0v) is 18.4. The molecule has 2 heterocycles. The Morgan fingerprint density at radius 2 is 2.00 bits per heavy atom. The van der Waals surface area contributed by atoms with E-state index in [1.54, 1.807) is 42.7 Å². The summed E-state index contributed by atoms with van der Waals surface area (Å²) in [4.78, 5) is 19.9. The number of nitrogens with zero attached hydrogens (tertiary/aromatic N) is 2. The molecule has 0 saturated carbocycles. The number of nitrogens with one attached hydrogen (secondary N) is 2. The van der Waals surface area contributed by atoms with E-state index in [1.807, 2.05) is 12.2 Å². The number of fused-ring (bicyclic) bond motifs is 1. The number of anilines is 2. The largest absolute Gasteiger partial charge is 0.491 e. The maximum absolute atomic E-state index is 13.3. The van der Waals surface area contributed by atoms with Gasteiger partial charge in [0.15, 0.2) is 6.04 Å². The number of alkyl halides is 3. The fourth-order valence-corrected chi connectivity index (χ4v) is 2.93. The molecule has 0 radical (unpaired) electrons. The van der Waals surface area contributed by atoms with E-state index >= 15 is 0 Å². The summed E-state index contributed by atoms with van der Waals surface area (Å²) in [5.74, 6) is 0.746. The van der Waals surface area contributed by atoms with Crippen molar-refractivity contribution in [2.75, 3.05) is 18.5 Å². The Labute approximate surface area is 193 Å². The molecular weight excluding hydrogens is 461 g/mol. The molecule has 3 aromatic rings. The topological polar surface area (TPSA) is 85.4 Å². The molecule has 1 amide bonds. The van der Waals surface area contributed by atoms with E-state index in [9.17, 15) is 18.0 Å². The average molecular weight is 483 g/mol. The molecule has 33 heavy (non-hydrogen) atoms. The van der Waals surface area contributed by atoms with Gasteiger partial charge in [0.1, 0.15) is 23.3 Å². The number of pyridine rings is 2. The lowest BCUT2D eigenvalue weighted by Gasteiger charge is -2.21. The fourth-order valence-electron chi connectivity index (χ4n) is 2.82. The van der Waals surface area contributed by atoms with Gasteiger partial charge in [0.25, 0.3) is 0 Å². The van der Waals surface area contributed by atoms with Crippen LogP contribution in [0.3, 0.4) is 0 Å². The maximum Gasteiger partial charge on any atom is 0.412 e. The first kappa shape index (κ1) is 24.4. The highest BCUT2D eigenvalue weighted by atomic mass is 35.5.